The van der Waals surface area contributed by atoms with Gasteiger partial charge in [0.25, 0.3) is 0 Å². The number of anilines is 1. The fraction of sp³-hybridized carbons (Fsp3) is 0.579. The highest BCUT2D eigenvalue weighted by atomic mass is 35.5. The molecule has 2 heterocycles. The molecule has 0 spiro atoms. The van der Waals surface area contributed by atoms with Gasteiger partial charge in [-0.2, -0.15) is 5.26 Å². The highest BCUT2D eigenvalue weighted by molar-refractivity contribution is 6.29. The molecule has 0 radical (unpaired) electrons. The molecule has 0 saturated carbocycles. The van der Waals surface area contributed by atoms with Gasteiger partial charge < -0.3 is 10.1 Å². The summed E-state index contributed by atoms with van der Waals surface area (Å²) in [5, 5.41) is 14.7. The summed E-state index contributed by atoms with van der Waals surface area (Å²) in [6.07, 6.45) is 9.91. The van der Waals surface area contributed by atoms with Gasteiger partial charge in [-0.25, -0.2) is 15.3 Å². The van der Waals surface area contributed by atoms with E-state index in [1.165, 1.54) is 0 Å². The summed E-state index contributed by atoms with van der Waals surface area (Å²) >= 11 is 5.84. The van der Waals surface area contributed by atoms with Gasteiger partial charge in [-0.1, -0.05) is 24.4 Å². The number of nitriles is 1. The van der Waals surface area contributed by atoms with Crippen molar-refractivity contribution in [1.29, 1.82) is 5.26 Å². The molecule has 9 nitrogen and oxygen atoms in total. The van der Waals surface area contributed by atoms with Gasteiger partial charge in [0.2, 0.25) is 11.9 Å². The van der Waals surface area contributed by atoms with Crippen LogP contribution >= 0.6 is 11.6 Å². The van der Waals surface area contributed by atoms with Gasteiger partial charge >= 0.3 is 0 Å². The first-order valence-corrected chi connectivity index (χ1v) is 10.2. The van der Waals surface area contributed by atoms with Gasteiger partial charge in [-0.15, -0.1) is 0 Å². The molecule has 1 aromatic rings. The number of nitrogens with one attached hydrogen (secondary N) is 3. The Morgan fingerprint density at radius 1 is 1.38 bits per heavy atom. The predicted molar refractivity (Wildman–Crippen MR) is 110 cm³/mol. The summed E-state index contributed by atoms with van der Waals surface area (Å²) in [5.74, 6) is 0.231. The molecule has 1 aliphatic heterocycles. The number of halogens is 1. The highest BCUT2D eigenvalue weighted by Crippen LogP contribution is 2.13. The maximum atomic E-state index is 11.8. The molecule has 1 atom stereocenters. The van der Waals surface area contributed by atoms with Gasteiger partial charge in [-0.3, -0.25) is 15.1 Å². The number of amides is 1. The number of hydrogen-bond acceptors (Lipinski definition) is 6. The summed E-state index contributed by atoms with van der Waals surface area (Å²) in [4.78, 5) is 25.3. The van der Waals surface area contributed by atoms with E-state index in [4.69, 9.17) is 26.4 Å². The number of aliphatic imine (C=N–C) groups is 1. The van der Waals surface area contributed by atoms with Crippen LogP contribution in [0.4, 0.5) is 5.69 Å². The first kappa shape index (κ1) is 22.9. The van der Waals surface area contributed by atoms with E-state index in [0.717, 1.165) is 44.9 Å². The van der Waals surface area contributed by atoms with Crippen LogP contribution in [0.2, 0.25) is 5.15 Å². The van der Waals surface area contributed by atoms with Crippen LogP contribution in [0.15, 0.2) is 23.3 Å². The summed E-state index contributed by atoms with van der Waals surface area (Å²) < 4.78 is 5.39. The number of rotatable bonds is 10. The van der Waals surface area contributed by atoms with E-state index >= 15 is 0 Å². The lowest BCUT2D eigenvalue weighted by Gasteiger charge is -2.22. The maximum absolute atomic E-state index is 11.8. The van der Waals surface area contributed by atoms with Crippen molar-refractivity contribution in [3.8, 4) is 6.19 Å². The van der Waals surface area contributed by atoms with E-state index in [0.29, 0.717) is 36.4 Å². The van der Waals surface area contributed by atoms with Crippen molar-refractivity contribution in [3.63, 3.8) is 0 Å². The zero-order chi connectivity index (χ0) is 20.7. The number of nitrogens with zero attached hydrogens (tertiary/aromatic N) is 3. The minimum absolute atomic E-state index is 0.127. The van der Waals surface area contributed by atoms with Crippen molar-refractivity contribution >= 4 is 29.2 Å². The van der Waals surface area contributed by atoms with Crippen LogP contribution < -0.4 is 16.1 Å². The van der Waals surface area contributed by atoms with Gasteiger partial charge in [0, 0.05) is 37.9 Å². The zero-order valence-electron chi connectivity index (χ0n) is 16.3. The summed E-state index contributed by atoms with van der Waals surface area (Å²) in [7, 11) is 0. The standard InChI is InChI=1S/C19H27ClN6O3/c20-16-13-15(9-11-22-16)25-19(24-14-21)23-10-5-2-1-3-7-17(27)26-29-18-8-4-6-12-28-18/h9,11,13,18H,1-8,10,12H2,(H,26,27)(H2,22,23,24,25). The van der Waals surface area contributed by atoms with Crippen molar-refractivity contribution in [2.24, 2.45) is 4.99 Å². The van der Waals surface area contributed by atoms with E-state index in [1.807, 2.05) is 6.19 Å². The largest absolute Gasteiger partial charge is 0.350 e. The molecule has 1 fully saturated rings. The van der Waals surface area contributed by atoms with Crippen molar-refractivity contribution in [1.82, 2.24) is 15.8 Å². The number of ether oxygens (including phenoxy) is 1. The maximum Gasteiger partial charge on any atom is 0.243 e. The quantitative estimate of drug-likeness (QED) is 0.101. The van der Waals surface area contributed by atoms with Crippen molar-refractivity contribution in [2.75, 3.05) is 18.5 Å². The monoisotopic (exact) mass is 422 g/mol. The number of aromatic nitrogens is 1. The lowest BCUT2D eigenvalue weighted by Crippen LogP contribution is -2.32. The van der Waals surface area contributed by atoms with Crippen LogP contribution in [0.25, 0.3) is 0 Å². The number of carbonyl (C=O) groups is 1. The van der Waals surface area contributed by atoms with E-state index in [1.54, 1.807) is 18.3 Å². The fourth-order valence-electron chi connectivity index (χ4n) is 2.71. The summed E-state index contributed by atoms with van der Waals surface area (Å²) in [6, 6.07) is 3.38. The molecule has 158 valence electrons. The van der Waals surface area contributed by atoms with Crippen LogP contribution in [-0.2, 0) is 14.4 Å². The summed E-state index contributed by atoms with van der Waals surface area (Å²) in [5.41, 5.74) is 3.16. The number of hydroxylamine groups is 1. The van der Waals surface area contributed by atoms with Crippen molar-refractivity contribution in [2.45, 2.75) is 57.7 Å². The van der Waals surface area contributed by atoms with Crippen LogP contribution in [-0.4, -0.2) is 36.3 Å². The molecular formula is C19H27ClN6O3. The molecule has 0 aliphatic carbocycles. The lowest BCUT2D eigenvalue weighted by molar-refractivity contribution is -0.200. The Bertz CT molecular complexity index is 703. The number of carbonyl (C=O) groups excluding carboxylic acids is 1. The first-order chi connectivity index (χ1) is 14.2. The van der Waals surface area contributed by atoms with Crippen molar-refractivity contribution < 1.29 is 14.4 Å². The first-order valence-electron chi connectivity index (χ1n) is 9.81. The average Bonchev–Trinajstić information content (AvgIpc) is 2.72. The molecule has 1 amide bonds. The predicted octanol–water partition coefficient (Wildman–Crippen LogP) is 3.10. The minimum Gasteiger partial charge on any atom is -0.350 e. The van der Waals surface area contributed by atoms with Crippen LogP contribution in [0.1, 0.15) is 51.4 Å². The number of pyridine rings is 1. The molecular weight excluding hydrogens is 396 g/mol. The Hall–Kier alpha value is -2.41. The zero-order valence-corrected chi connectivity index (χ0v) is 17.1. The van der Waals surface area contributed by atoms with E-state index in [9.17, 15) is 4.79 Å². The molecule has 2 rings (SSSR count). The third-order valence-corrected chi connectivity index (χ3v) is 4.39. The normalized spacial score (nSPS) is 16.7. The molecule has 1 saturated heterocycles. The third-order valence-electron chi connectivity index (χ3n) is 4.19. The Morgan fingerprint density at radius 3 is 3.00 bits per heavy atom. The second-order valence-electron chi connectivity index (χ2n) is 6.56. The lowest BCUT2D eigenvalue weighted by atomic mass is 10.1. The van der Waals surface area contributed by atoms with Crippen LogP contribution in [0.5, 0.6) is 0 Å². The van der Waals surface area contributed by atoms with E-state index < -0.39 is 0 Å². The molecule has 29 heavy (non-hydrogen) atoms. The summed E-state index contributed by atoms with van der Waals surface area (Å²) in [6.45, 7) is 1.24. The van der Waals surface area contributed by atoms with E-state index in [-0.39, 0.29) is 12.2 Å². The number of guanidine groups is 1. The Kier molecular flexibility index (Phi) is 10.8. The van der Waals surface area contributed by atoms with Crippen molar-refractivity contribution in [3.05, 3.63) is 23.5 Å². The molecule has 1 aromatic heterocycles. The Balaban J connectivity index is 1.55. The molecule has 1 unspecified atom stereocenters. The average molecular weight is 423 g/mol. The minimum atomic E-state index is -0.321. The molecule has 0 bridgehead atoms. The van der Waals surface area contributed by atoms with Crippen LogP contribution in [0.3, 0.4) is 0 Å². The Morgan fingerprint density at radius 2 is 2.24 bits per heavy atom. The Labute approximate surface area is 175 Å². The highest BCUT2D eigenvalue weighted by Gasteiger charge is 2.15. The van der Waals surface area contributed by atoms with Gasteiger partial charge in [-0.05, 0) is 37.8 Å². The molecule has 0 aromatic carbocycles. The molecule has 1 aliphatic rings. The number of unbranched alkanes of at least 4 members (excludes halogenated alkanes) is 3. The second kappa shape index (κ2) is 13.7. The van der Waals surface area contributed by atoms with Crippen LogP contribution in [0, 0.1) is 11.5 Å². The van der Waals surface area contributed by atoms with Gasteiger partial charge in [0.15, 0.2) is 12.5 Å². The topological polar surface area (TPSA) is 121 Å². The fourth-order valence-corrected chi connectivity index (χ4v) is 2.88. The third kappa shape index (κ3) is 10.1. The smallest absolute Gasteiger partial charge is 0.243 e. The second-order valence-corrected chi connectivity index (χ2v) is 6.95. The molecule has 3 N–H and O–H groups in total. The van der Waals surface area contributed by atoms with Gasteiger partial charge in [0.1, 0.15) is 5.15 Å². The molecule has 10 heteroatoms. The van der Waals surface area contributed by atoms with Gasteiger partial charge in [0.05, 0.1) is 0 Å². The SMILES string of the molecule is N#CNC(=NCCCCCCC(=O)NOC1CCCCO1)Nc1ccnc(Cl)c1. The number of hydrogen-bond donors (Lipinski definition) is 3. The van der Waals surface area contributed by atoms with E-state index in [2.05, 4.69) is 26.1 Å².